The first-order valence-corrected chi connectivity index (χ1v) is 6.47. The number of aromatic nitrogens is 1. The smallest absolute Gasteiger partial charge is 0.340 e. The second-order valence-electron chi connectivity index (χ2n) is 4.02. The van der Waals surface area contributed by atoms with Crippen LogP contribution in [0.25, 0.3) is 0 Å². The van der Waals surface area contributed by atoms with Crippen LogP contribution < -0.4 is 11.1 Å². The van der Waals surface area contributed by atoms with Gasteiger partial charge in [-0.15, -0.1) is 0 Å². The molecule has 0 aliphatic rings. The van der Waals surface area contributed by atoms with E-state index in [1.54, 1.807) is 0 Å². The van der Waals surface area contributed by atoms with Crippen LogP contribution in [0.4, 0.5) is 26.0 Å². The SMILES string of the molecule is COC(=O)c1cc(Nc2cc(Br)c(F)cc2F)ncc1N. The molecule has 0 saturated heterocycles. The number of rotatable bonds is 3. The zero-order valence-corrected chi connectivity index (χ0v) is 12.4. The molecule has 2 rings (SSSR count). The molecule has 5 nitrogen and oxygen atoms in total. The number of methoxy groups -OCH3 is 1. The quantitative estimate of drug-likeness (QED) is 0.651. The van der Waals surface area contributed by atoms with Gasteiger partial charge in [0.05, 0.1) is 34.7 Å². The number of pyridine rings is 1. The Bertz CT molecular complexity index is 710. The predicted molar refractivity (Wildman–Crippen MR) is 77.3 cm³/mol. The van der Waals surface area contributed by atoms with Gasteiger partial charge in [0.1, 0.15) is 17.5 Å². The summed E-state index contributed by atoms with van der Waals surface area (Å²) in [6.07, 6.45) is 1.24. The molecule has 2 aromatic rings. The third-order valence-corrected chi connectivity index (χ3v) is 3.22. The van der Waals surface area contributed by atoms with E-state index in [9.17, 15) is 13.6 Å². The Labute approximate surface area is 127 Å². The van der Waals surface area contributed by atoms with Crippen LogP contribution in [0.2, 0.25) is 0 Å². The van der Waals surface area contributed by atoms with Crippen LogP contribution in [0.5, 0.6) is 0 Å². The first kappa shape index (κ1) is 15.2. The molecular formula is C13H10BrF2N3O2. The Morgan fingerprint density at radius 1 is 1.33 bits per heavy atom. The fraction of sp³-hybridized carbons (Fsp3) is 0.0769. The zero-order valence-electron chi connectivity index (χ0n) is 10.8. The van der Waals surface area contributed by atoms with Crippen molar-refractivity contribution in [2.45, 2.75) is 0 Å². The topological polar surface area (TPSA) is 77.2 Å². The summed E-state index contributed by atoms with van der Waals surface area (Å²) in [5, 5.41) is 2.64. The molecule has 0 aliphatic heterocycles. The monoisotopic (exact) mass is 357 g/mol. The van der Waals surface area contributed by atoms with E-state index in [2.05, 4.69) is 31.0 Å². The van der Waals surface area contributed by atoms with Crippen molar-refractivity contribution in [3.63, 3.8) is 0 Å². The number of carbonyl (C=O) groups excluding carboxylic acids is 1. The molecule has 0 unspecified atom stereocenters. The highest BCUT2D eigenvalue weighted by atomic mass is 79.9. The lowest BCUT2D eigenvalue weighted by Crippen LogP contribution is -2.08. The van der Waals surface area contributed by atoms with E-state index in [1.807, 2.05) is 0 Å². The van der Waals surface area contributed by atoms with Crippen molar-refractivity contribution in [2.24, 2.45) is 0 Å². The maximum atomic E-state index is 13.7. The second kappa shape index (κ2) is 6.04. The molecule has 0 radical (unpaired) electrons. The summed E-state index contributed by atoms with van der Waals surface area (Å²) < 4.78 is 31.5. The summed E-state index contributed by atoms with van der Waals surface area (Å²) in [5.41, 5.74) is 5.83. The van der Waals surface area contributed by atoms with Crippen molar-refractivity contribution < 1.29 is 18.3 Å². The van der Waals surface area contributed by atoms with Gasteiger partial charge in [0.2, 0.25) is 0 Å². The number of hydrogen-bond acceptors (Lipinski definition) is 5. The lowest BCUT2D eigenvalue weighted by molar-refractivity contribution is 0.0602. The van der Waals surface area contributed by atoms with Gasteiger partial charge < -0.3 is 15.8 Å². The molecule has 0 atom stereocenters. The van der Waals surface area contributed by atoms with E-state index in [4.69, 9.17) is 5.73 Å². The molecule has 0 fully saturated rings. The fourth-order valence-corrected chi connectivity index (χ4v) is 1.92. The summed E-state index contributed by atoms with van der Waals surface area (Å²) in [6.45, 7) is 0. The van der Waals surface area contributed by atoms with Crippen LogP contribution in [0, 0.1) is 11.6 Å². The summed E-state index contributed by atoms with van der Waals surface area (Å²) in [5.74, 6) is -1.99. The molecular weight excluding hydrogens is 348 g/mol. The van der Waals surface area contributed by atoms with E-state index in [0.717, 1.165) is 6.07 Å². The number of esters is 1. The highest BCUT2D eigenvalue weighted by Crippen LogP contribution is 2.26. The number of nitrogen functional groups attached to an aromatic ring is 1. The van der Waals surface area contributed by atoms with Gasteiger partial charge in [0, 0.05) is 6.07 Å². The molecule has 0 saturated carbocycles. The van der Waals surface area contributed by atoms with Gasteiger partial charge in [-0.3, -0.25) is 0 Å². The normalized spacial score (nSPS) is 10.3. The minimum Gasteiger partial charge on any atom is -0.465 e. The van der Waals surface area contributed by atoms with Gasteiger partial charge in [0.25, 0.3) is 0 Å². The van der Waals surface area contributed by atoms with Crippen molar-refractivity contribution in [1.29, 1.82) is 0 Å². The number of halogens is 3. The second-order valence-corrected chi connectivity index (χ2v) is 4.87. The van der Waals surface area contributed by atoms with E-state index < -0.39 is 17.6 Å². The van der Waals surface area contributed by atoms with E-state index >= 15 is 0 Å². The van der Waals surface area contributed by atoms with Crippen molar-refractivity contribution in [3.05, 3.63) is 46.1 Å². The maximum Gasteiger partial charge on any atom is 0.340 e. The van der Waals surface area contributed by atoms with Gasteiger partial charge in [-0.25, -0.2) is 18.6 Å². The van der Waals surface area contributed by atoms with Gasteiger partial charge >= 0.3 is 5.97 Å². The van der Waals surface area contributed by atoms with Crippen molar-refractivity contribution >= 4 is 39.1 Å². The predicted octanol–water partition coefficient (Wildman–Crippen LogP) is 3.23. The number of nitrogens with one attached hydrogen (secondary N) is 1. The van der Waals surface area contributed by atoms with Crippen LogP contribution in [0.15, 0.2) is 28.9 Å². The molecule has 1 aromatic heterocycles. The molecule has 3 N–H and O–H groups in total. The minimum absolute atomic E-state index is 0.00337. The molecule has 1 aromatic carbocycles. The van der Waals surface area contributed by atoms with Gasteiger partial charge in [-0.05, 0) is 28.1 Å². The van der Waals surface area contributed by atoms with Crippen LogP contribution >= 0.6 is 15.9 Å². The lowest BCUT2D eigenvalue weighted by atomic mass is 10.2. The number of carbonyl (C=O) groups is 1. The summed E-state index contributed by atoms with van der Waals surface area (Å²) in [7, 11) is 1.21. The van der Waals surface area contributed by atoms with Crippen LogP contribution in [-0.2, 0) is 4.74 Å². The van der Waals surface area contributed by atoms with E-state index in [0.29, 0.717) is 0 Å². The summed E-state index contributed by atoms with van der Waals surface area (Å²) in [4.78, 5) is 15.4. The number of anilines is 3. The standard InChI is InChI=1S/C13H10BrF2N3O2/c1-21-13(20)6-2-12(18-5-10(6)17)19-11-3-7(14)8(15)4-9(11)16/h2-5H,17H2,1H3,(H,18,19). The number of benzene rings is 1. The Balaban J connectivity index is 2.36. The molecule has 0 aliphatic carbocycles. The highest BCUT2D eigenvalue weighted by molar-refractivity contribution is 9.10. The number of nitrogens with zero attached hydrogens (tertiary/aromatic N) is 1. The molecule has 0 spiro atoms. The third kappa shape index (κ3) is 3.27. The maximum absolute atomic E-state index is 13.7. The number of hydrogen-bond donors (Lipinski definition) is 2. The highest BCUT2D eigenvalue weighted by Gasteiger charge is 2.13. The average molecular weight is 358 g/mol. The Morgan fingerprint density at radius 2 is 2.05 bits per heavy atom. The third-order valence-electron chi connectivity index (χ3n) is 2.61. The van der Waals surface area contributed by atoms with Crippen LogP contribution in [0.3, 0.4) is 0 Å². The minimum atomic E-state index is -0.797. The molecule has 110 valence electrons. The van der Waals surface area contributed by atoms with Crippen LogP contribution in [0.1, 0.15) is 10.4 Å². The fourth-order valence-electron chi connectivity index (χ4n) is 1.58. The van der Waals surface area contributed by atoms with E-state index in [-0.39, 0.29) is 27.2 Å². The first-order valence-electron chi connectivity index (χ1n) is 5.67. The Hall–Kier alpha value is -2.22. The molecule has 8 heteroatoms. The average Bonchev–Trinajstić information content (AvgIpc) is 2.45. The summed E-state index contributed by atoms with van der Waals surface area (Å²) >= 11 is 2.96. The van der Waals surface area contributed by atoms with Gasteiger partial charge in [-0.2, -0.15) is 0 Å². The molecule has 0 bridgehead atoms. The van der Waals surface area contributed by atoms with Gasteiger partial charge in [0.15, 0.2) is 0 Å². The molecule has 21 heavy (non-hydrogen) atoms. The van der Waals surface area contributed by atoms with Crippen molar-refractivity contribution in [1.82, 2.24) is 4.98 Å². The van der Waals surface area contributed by atoms with Crippen molar-refractivity contribution in [3.8, 4) is 0 Å². The van der Waals surface area contributed by atoms with E-state index in [1.165, 1.54) is 25.4 Å². The van der Waals surface area contributed by atoms with Gasteiger partial charge in [-0.1, -0.05) is 0 Å². The van der Waals surface area contributed by atoms with Crippen LogP contribution in [-0.4, -0.2) is 18.1 Å². The van der Waals surface area contributed by atoms with Crippen molar-refractivity contribution in [2.75, 3.05) is 18.2 Å². The Kier molecular flexibility index (Phi) is 4.37. The Morgan fingerprint density at radius 3 is 2.71 bits per heavy atom. The number of ether oxygens (including phenoxy) is 1. The summed E-state index contributed by atoms with van der Waals surface area (Å²) in [6, 6.07) is 3.27. The molecule has 1 heterocycles. The largest absolute Gasteiger partial charge is 0.465 e. The lowest BCUT2D eigenvalue weighted by Gasteiger charge is -2.10. The number of nitrogens with two attached hydrogens (primary N) is 1. The first-order chi connectivity index (χ1) is 9.92. The molecule has 0 amide bonds. The zero-order chi connectivity index (χ0) is 15.6.